The first-order chi connectivity index (χ1) is 8.70. The van der Waals surface area contributed by atoms with Crippen molar-refractivity contribution in [1.82, 2.24) is 9.55 Å². The minimum Gasteiger partial charge on any atom is -0.464 e. The lowest BCUT2D eigenvalue weighted by atomic mass is 10.2. The van der Waals surface area contributed by atoms with Gasteiger partial charge in [0.1, 0.15) is 5.69 Å². The van der Waals surface area contributed by atoms with E-state index in [1.807, 2.05) is 16.7 Å². The second kappa shape index (κ2) is 5.35. The van der Waals surface area contributed by atoms with E-state index in [2.05, 4.69) is 4.98 Å². The Morgan fingerprint density at radius 3 is 2.83 bits per heavy atom. The molecule has 0 aromatic carbocycles. The summed E-state index contributed by atoms with van der Waals surface area (Å²) in [6, 6.07) is 5.52. The quantitative estimate of drug-likeness (QED) is 0.828. The van der Waals surface area contributed by atoms with E-state index in [-0.39, 0.29) is 5.97 Å². The molecule has 2 rings (SSSR count). The van der Waals surface area contributed by atoms with Crippen LogP contribution in [0.5, 0.6) is 0 Å². The number of esters is 1. The average molecular weight is 245 g/mol. The number of anilines is 1. The minimum absolute atomic E-state index is 0.374. The molecule has 18 heavy (non-hydrogen) atoms. The van der Waals surface area contributed by atoms with Gasteiger partial charge in [-0.15, -0.1) is 0 Å². The molecule has 0 unspecified atom stereocenters. The number of hydrogen-bond acceptors (Lipinski definition) is 4. The lowest BCUT2D eigenvalue weighted by molar-refractivity contribution is 0.0588. The van der Waals surface area contributed by atoms with Gasteiger partial charge in [-0.3, -0.25) is 4.98 Å². The van der Waals surface area contributed by atoms with Crippen molar-refractivity contribution >= 4 is 11.7 Å². The van der Waals surface area contributed by atoms with Crippen LogP contribution in [0.1, 0.15) is 16.1 Å². The molecule has 0 fully saturated rings. The standard InChI is InChI=1S/C13H15N3O2/c1-18-13(17)12-8-11(14)9-16(12)7-4-10-2-5-15-6-3-10/h2-3,5-6,8-9H,4,7,14H2,1H3. The van der Waals surface area contributed by atoms with Crippen LogP contribution in [0.3, 0.4) is 0 Å². The molecule has 0 saturated heterocycles. The van der Waals surface area contributed by atoms with Crippen LogP contribution < -0.4 is 5.73 Å². The molecule has 0 bridgehead atoms. The molecule has 5 nitrogen and oxygen atoms in total. The first kappa shape index (κ1) is 12.2. The Morgan fingerprint density at radius 2 is 2.17 bits per heavy atom. The van der Waals surface area contributed by atoms with Crippen LogP contribution in [-0.2, 0) is 17.7 Å². The molecule has 94 valence electrons. The van der Waals surface area contributed by atoms with Crippen LogP contribution in [-0.4, -0.2) is 22.6 Å². The number of hydrogen-bond donors (Lipinski definition) is 1. The number of carbonyl (C=O) groups is 1. The number of ether oxygens (including phenoxy) is 1. The summed E-state index contributed by atoms with van der Waals surface area (Å²) >= 11 is 0. The summed E-state index contributed by atoms with van der Waals surface area (Å²) in [4.78, 5) is 15.5. The SMILES string of the molecule is COC(=O)c1cc(N)cn1CCc1ccncc1. The Balaban J connectivity index is 2.12. The molecule has 2 N–H and O–H groups in total. The number of methoxy groups -OCH3 is 1. The lowest BCUT2D eigenvalue weighted by Gasteiger charge is -2.07. The number of rotatable bonds is 4. The van der Waals surface area contributed by atoms with Crippen molar-refractivity contribution < 1.29 is 9.53 Å². The molecule has 2 aromatic heterocycles. The Kier molecular flexibility index (Phi) is 3.62. The maximum absolute atomic E-state index is 11.6. The van der Waals surface area contributed by atoms with Gasteiger partial charge in [-0.2, -0.15) is 0 Å². The predicted octanol–water partition coefficient (Wildman–Crippen LogP) is 1.49. The normalized spacial score (nSPS) is 10.3. The second-order valence-corrected chi connectivity index (χ2v) is 3.95. The molecule has 2 heterocycles. The van der Waals surface area contributed by atoms with Gasteiger partial charge in [-0.25, -0.2) is 4.79 Å². The summed E-state index contributed by atoms with van der Waals surface area (Å²) in [6.45, 7) is 0.672. The van der Waals surface area contributed by atoms with Crippen molar-refractivity contribution in [2.75, 3.05) is 12.8 Å². The highest BCUT2D eigenvalue weighted by Gasteiger charge is 2.12. The highest BCUT2D eigenvalue weighted by molar-refractivity contribution is 5.88. The van der Waals surface area contributed by atoms with Crippen molar-refractivity contribution in [2.45, 2.75) is 13.0 Å². The summed E-state index contributed by atoms with van der Waals surface area (Å²) in [5.41, 5.74) is 7.90. The average Bonchev–Trinajstić information content (AvgIpc) is 2.78. The van der Waals surface area contributed by atoms with Gasteiger partial charge in [0.05, 0.1) is 12.8 Å². The van der Waals surface area contributed by atoms with E-state index >= 15 is 0 Å². The maximum Gasteiger partial charge on any atom is 0.354 e. The fourth-order valence-electron chi connectivity index (χ4n) is 1.79. The number of pyridine rings is 1. The van der Waals surface area contributed by atoms with Crippen molar-refractivity contribution in [3.05, 3.63) is 48.0 Å². The van der Waals surface area contributed by atoms with Crippen LogP contribution in [0.15, 0.2) is 36.8 Å². The number of aromatic nitrogens is 2. The Bertz CT molecular complexity index is 534. The van der Waals surface area contributed by atoms with E-state index in [4.69, 9.17) is 10.5 Å². The van der Waals surface area contributed by atoms with Crippen LogP contribution in [0, 0.1) is 0 Å². The van der Waals surface area contributed by atoms with Crippen LogP contribution in [0.2, 0.25) is 0 Å². The highest BCUT2D eigenvalue weighted by Crippen LogP contribution is 2.13. The molecule has 0 spiro atoms. The number of nitrogens with two attached hydrogens (primary N) is 1. The van der Waals surface area contributed by atoms with E-state index in [9.17, 15) is 4.79 Å². The van der Waals surface area contributed by atoms with Gasteiger partial charge >= 0.3 is 5.97 Å². The molecule has 0 amide bonds. The van der Waals surface area contributed by atoms with Crippen molar-refractivity contribution in [3.63, 3.8) is 0 Å². The molecule has 0 saturated carbocycles. The smallest absolute Gasteiger partial charge is 0.354 e. The Labute approximate surface area is 105 Å². The van der Waals surface area contributed by atoms with E-state index in [0.717, 1.165) is 12.0 Å². The maximum atomic E-state index is 11.6. The van der Waals surface area contributed by atoms with E-state index < -0.39 is 0 Å². The van der Waals surface area contributed by atoms with Crippen LogP contribution in [0.4, 0.5) is 5.69 Å². The van der Waals surface area contributed by atoms with Gasteiger partial charge in [0.15, 0.2) is 0 Å². The molecular weight excluding hydrogens is 230 g/mol. The summed E-state index contributed by atoms with van der Waals surface area (Å²) in [7, 11) is 1.36. The number of nitrogen functional groups attached to an aromatic ring is 1. The molecule has 5 heteroatoms. The third kappa shape index (κ3) is 2.68. The summed E-state index contributed by atoms with van der Waals surface area (Å²) < 4.78 is 6.52. The molecule has 0 radical (unpaired) electrons. The first-order valence-corrected chi connectivity index (χ1v) is 5.63. The van der Waals surface area contributed by atoms with Crippen LogP contribution >= 0.6 is 0 Å². The van der Waals surface area contributed by atoms with Crippen molar-refractivity contribution in [1.29, 1.82) is 0 Å². The number of aryl methyl sites for hydroxylation is 2. The van der Waals surface area contributed by atoms with Gasteiger partial charge in [0, 0.05) is 25.1 Å². The molecule has 0 atom stereocenters. The summed E-state index contributed by atoms with van der Waals surface area (Å²) in [5, 5.41) is 0. The van der Waals surface area contributed by atoms with Gasteiger partial charge in [0.25, 0.3) is 0 Å². The Hall–Kier alpha value is -2.30. The summed E-state index contributed by atoms with van der Waals surface area (Å²) in [6.07, 6.45) is 6.05. The number of nitrogens with zero attached hydrogens (tertiary/aromatic N) is 2. The third-order valence-electron chi connectivity index (χ3n) is 2.70. The number of carbonyl (C=O) groups excluding carboxylic acids is 1. The molecular formula is C13H15N3O2. The minimum atomic E-state index is -0.374. The van der Waals surface area contributed by atoms with E-state index in [1.54, 1.807) is 24.7 Å². The van der Waals surface area contributed by atoms with E-state index in [1.165, 1.54) is 7.11 Å². The monoisotopic (exact) mass is 245 g/mol. The fourth-order valence-corrected chi connectivity index (χ4v) is 1.79. The molecule has 0 aliphatic carbocycles. The van der Waals surface area contributed by atoms with Crippen molar-refractivity contribution in [2.24, 2.45) is 0 Å². The summed E-state index contributed by atoms with van der Waals surface area (Å²) in [5.74, 6) is -0.374. The van der Waals surface area contributed by atoms with Gasteiger partial charge in [-0.1, -0.05) is 0 Å². The van der Waals surface area contributed by atoms with Gasteiger partial charge in [0.2, 0.25) is 0 Å². The largest absolute Gasteiger partial charge is 0.464 e. The molecule has 2 aromatic rings. The first-order valence-electron chi connectivity index (χ1n) is 5.63. The zero-order valence-electron chi connectivity index (χ0n) is 10.2. The molecule has 0 aliphatic heterocycles. The Morgan fingerprint density at radius 1 is 1.44 bits per heavy atom. The van der Waals surface area contributed by atoms with Crippen molar-refractivity contribution in [3.8, 4) is 0 Å². The predicted molar refractivity (Wildman–Crippen MR) is 68.1 cm³/mol. The van der Waals surface area contributed by atoms with E-state index in [0.29, 0.717) is 17.9 Å². The van der Waals surface area contributed by atoms with Gasteiger partial charge < -0.3 is 15.0 Å². The highest BCUT2D eigenvalue weighted by atomic mass is 16.5. The third-order valence-corrected chi connectivity index (χ3v) is 2.70. The van der Waals surface area contributed by atoms with Crippen LogP contribution in [0.25, 0.3) is 0 Å². The zero-order chi connectivity index (χ0) is 13.0. The second-order valence-electron chi connectivity index (χ2n) is 3.95. The zero-order valence-corrected chi connectivity index (χ0v) is 10.2. The topological polar surface area (TPSA) is 70.1 Å². The van der Waals surface area contributed by atoms with Gasteiger partial charge in [-0.05, 0) is 30.2 Å². The molecule has 0 aliphatic rings. The lowest BCUT2D eigenvalue weighted by Crippen LogP contribution is -2.11. The fraction of sp³-hybridized carbons (Fsp3) is 0.231.